The third-order valence-electron chi connectivity index (χ3n) is 4.05. The van der Waals surface area contributed by atoms with Gasteiger partial charge in [0.2, 0.25) is 5.91 Å². The van der Waals surface area contributed by atoms with Crippen LogP contribution in [0.2, 0.25) is 0 Å². The fourth-order valence-corrected chi connectivity index (χ4v) is 2.83. The number of hydrogen-bond donors (Lipinski definition) is 2. The second-order valence-corrected chi connectivity index (χ2v) is 5.82. The molecule has 0 saturated carbocycles. The Morgan fingerprint density at radius 3 is 2.57 bits per heavy atom. The Balaban J connectivity index is 1.84. The van der Waals surface area contributed by atoms with E-state index in [0.29, 0.717) is 13.1 Å². The van der Waals surface area contributed by atoms with Gasteiger partial charge in [0.1, 0.15) is 0 Å². The fraction of sp³-hybridized carbons (Fsp3) is 0.500. The first-order valence-electron chi connectivity index (χ1n) is 7.27. The maximum absolute atomic E-state index is 12.1. The summed E-state index contributed by atoms with van der Waals surface area (Å²) in [5.41, 5.74) is 1.06. The number of carbonyl (C=O) groups excluding carboxylic acids is 1. The Hall–Kier alpha value is -1.88. The number of likely N-dealkylation sites (tertiary alicyclic amines) is 1. The number of aliphatic carboxylic acids is 1. The summed E-state index contributed by atoms with van der Waals surface area (Å²) >= 11 is 0. The highest BCUT2D eigenvalue weighted by Crippen LogP contribution is 2.22. The number of benzene rings is 1. The molecule has 114 valence electrons. The number of nitrogens with zero attached hydrogens (tertiary/aromatic N) is 1. The first-order chi connectivity index (χ1) is 9.97. The lowest BCUT2D eigenvalue weighted by Crippen LogP contribution is -2.37. The van der Waals surface area contributed by atoms with Crippen LogP contribution in [0.15, 0.2) is 30.3 Å². The molecule has 1 fully saturated rings. The molecule has 0 aromatic heterocycles. The minimum absolute atomic E-state index is 0.0472. The minimum Gasteiger partial charge on any atom is -0.481 e. The molecule has 5 nitrogen and oxygen atoms in total. The lowest BCUT2D eigenvalue weighted by molar-refractivity contribution is -0.142. The molecule has 0 aliphatic carbocycles. The van der Waals surface area contributed by atoms with Gasteiger partial charge < -0.3 is 10.4 Å². The van der Waals surface area contributed by atoms with Gasteiger partial charge in [0.05, 0.1) is 18.5 Å². The van der Waals surface area contributed by atoms with Crippen LogP contribution in [0, 0.1) is 11.8 Å². The summed E-state index contributed by atoms with van der Waals surface area (Å²) in [6.07, 6.45) is 0. The standard InChI is InChI=1S/C16H22N2O3/c1-11-8-18(9-14(11)16(20)21)10-15(19)17-12(2)13-6-4-3-5-7-13/h3-7,11-12,14H,8-10H2,1-2H3,(H,17,19)(H,20,21). The summed E-state index contributed by atoms with van der Waals surface area (Å²) < 4.78 is 0. The topological polar surface area (TPSA) is 69.6 Å². The summed E-state index contributed by atoms with van der Waals surface area (Å²) in [6.45, 7) is 5.22. The summed E-state index contributed by atoms with van der Waals surface area (Å²) in [7, 11) is 0. The average Bonchev–Trinajstić information content (AvgIpc) is 2.80. The molecular weight excluding hydrogens is 268 g/mol. The van der Waals surface area contributed by atoms with Crippen LogP contribution in [0.5, 0.6) is 0 Å². The quantitative estimate of drug-likeness (QED) is 0.862. The van der Waals surface area contributed by atoms with Crippen molar-refractivity contribution in [2.45, 2.75) is 19.9 Å². The van der Waals surface area contributed by atoms with E-state index in [2.05, 4.69) is 5.32 Å². The lowest BCUT2D eigenvalue weighted by Gasteiger charge is -2.18. The van der Waals surface area contributed by atoms with Crippen LogP contribution in [0.25, 0.3) is 0 Å². The van der Waals surface area contributed by atoms with Gasteiger partial charge in [-0.05, 0) is 18.4 Å². The Morgan fingerprint density at radius 2 is 2.00 bits per heavy atom. The van der Waals surface area contributed by atoms with E-state index in [1.165, 1.54) is 0 Å². The summed E-state index contributed by atoms with van der Waals surface area (Å²) in [6, 6.07) is 9.73. The van der Waals surface area contributed by atoms with Crippen molar-refractivity contribution in [2.75, 3.05) is 19.6 Å². The molecule has 3 atom stereocenters. The van der Waals surface area contributed by atoms with Gasteiger partial charge in [0.15, 0.2) is 0 Å². The van der Waals surface area contributed by atoms with Gasteiger partial charge in [-0.25, -0.2) is 0 Å². The van der Waals surface area contributed by atoms with Crippen molar-refractivity contribution < 1.29 is 14.7 Å². The first kappa shape index (κ1) is 15.5. The fourth-order valence-electron chi connectivity index (χ4n) is 2.83. The molecule has 1 aliphatic heterocycles. The van der Waals surface area contributed by atoms with Gasteiger partial charge >= 0.3 is 5.97 Å². The Kier molecular flexibility index (Phi) is 4.96. The van der Waals surface area contributed by atoms with Crippen LogP contribution in [0.4, 0.5) is 0 Å². The number of hydrogen-bond acceptors (Lipinski definition) is 3. The molecule has 1 aromatic rings. The third-order valence-corrected chi connectivity index (χ3v) is 4.05. The van der Waals surface area contributed by atoms with E-state index in [9.17, 15) is 9.59 Å². The van der Waals surface area contributed by atoms with Crippen LogP contribution >= 0.6 is 0 Å². The van der Waals surface area contributed by atoms with Crippen molar-refractivity contribution in [1.82, 2.24) is 10.2 Å². The Morgan fingerprint density at radius 1 is 1.33 bits per heavy atom. The molecule has 1 heterocycles. The summed E-state index contributed by atoms with van der Waals surface area (Å²) in [5.74, 6) is -1.13. The van der Waals surface area contributed by atoms with Crippen molar-refractivity contribution >= 4 is 11.9 Å². The molecule has 1 aliphatic rings. The largest absolute Gasteiger partial charge is 0.481 e. The van der Waals surface area contributed by atoms with E-state index in [4.69, 9.17) is 5.11 Å². The average molecular weight is 290 g/mol. The summed E-state index contributed by atoms with van der Waals surface area (Å²) in [5, 5.41) is 12.1. The SMILES string of the molecule is CC(NC(=O)CN1CC(C)C(C(=O)O)C1)c1ccccc1. The van der Waals surface area contributed by atoms with E-state index in [1.54, 1.807) is 0 Å². The molecule has 2 rings (SSSR count). The van der Waals surface area contributed by atoms with Gasteiger partial charge in [-0.2, -0.15) is 0 Å². The first-order valence-corrected chi connectivity index (χ1v) is 7.27. The molecule has 2 N–H and O–H groups in total. The Bertz CT molecular complexity index is 504. The van der Waals surface area contributed by atoms with Crippen LogP contribution in [0.1, 0.15) is 25.5 Å². The number of amides is 1. The number of carboxylic acids is 1. The molecular formula is C16H22N2O3. The number of carbonyl (C=O) groups is 2. The van der Waals surface area contributed by atoms with Crippen molar-refractivity contribution in [3.63, 3.8) is 0 Å². The molecule has 21 heavy (non-hydrogen) atoms. The predicted molar refractivity (Wildman–Crippen MR) is 79.7 cm³/mol. The molecule has 0 radical (unpaired) electrons. The molecule has 0 spiro atoms. The van der Waals surface area contributed by atoms with Crippen LogP contribution in [0.3, 0.4) is 0 Å². The monoisotopic (exact) mass is 290 g/mol. The number of carboxylic acid groups (broad SMARTS) is 1. The molecule has 1 saturated heterocycles. The zero-order valence-corrected chi connectivity index (χ0v) is 12.5. The maximum atomic E-state index is 12.1. The normalized spacial score (nSPS) is 23.7. The number of rotatable bonds is 5. The smallest absolute Gasteiger partial charge is 0.308 e. The highest BCUT2D eigenvalue weighted by molar-refractivity contribution is 5.79. The highest BCUT2D eigenvalue weighted by atomic mass is 16.4. The van der Waals surface area contributed by atoms with Gasteiger partial charge in [0, 0.05) is 13.1 Å². The second kappa shape index (κ2) is 6.72. The van der Waals surface area contributed by atoms with Crippen molar-refractivity contribution in [1.29, 1.82) is 0 Å². The van der Waals surface area contributed by atoms with E-state index in [0.717, 1.165) is 5.56 Å². The van der Waals surface area contributed by atoms with Crippen LogP contribution in [-0.2, 0) is 9.59 Å². The molecule has 5 heteroatoms. The van der Waals surface area contributed by atoms with Crippen molar-refractivity contribution in [2.24, 2.45) is 11.8 Å². The van der Waals surface area contributed by atoms with E-state index in [1.807, 2.05) is 49.1 Å². The van der Waals surface area contributed by atoms with E-state index >= 15 is 0 Å². The van der Waals surface area contributed by atoms with E-state index < -0.39 is 5.97 Å². The minimum atomic E-state index is -0.775. The van der Waals surface area contributed by atoms with Crippen molar-refractivity contribution in [3.8, 4) is 0 Å². The highest BCUT2D eigenvalue weighted by Gasteiger charge is 2.35. The predicted octanol–water partition coefficient (Wildman–Crippen LogP) is 1.52. The number of nitrogens with one attached hydrogen (secondary N) is 1. The zero-order valence-electron chi connectivity index (χ0n) is 12.5. The van der Waals surface area contributed by atoms with Crippen LogP contribution < -0.4 is 5.32 Å². The molecule has 1 aromatic carbocycles. The third kappa shape index (κ3) is 4.04. The second-order valence-electron chi connectivity index (χ2n) is 5.82. The van der Waals surface area contributed by atoms with Gasteiger partial charge in [-0.3, -0.25) is 14.5 Å². The van der Waals surface area contributed by atoms with Gasteiger partial charge in [-0.1, -0.05) is 37.3 Å². The summed E-state index contributed by atoms with van der Waals surface area (Å²) in [4.78, 5) is 25.1. The van der Waals surface area contributed by atoms with Crippen molar-refractivity contribution in [3.05, 3.63) is 35.9 Å². The zero-order chi connectivity index (χ0) is 15.4. The lowest BCUT2D eigenvalue weighted by atomic mass is 9.99. The van der Waals surface area contributed by atoms with Crippen LogP contribution in [-0.4, -0.2) is 41.5 Å². The molecule has 0 bridgehead atoms. The molecule has 1 amide bonds. The Labute approximate surface area is 125 Å². The van der Waals surface area contributed by atoms with E-state index in [-0.39, 0.29) is 30.3 Å². The molecule has 3 unspecified atom stereocenters. The van der Waals surface area contributed by atoms with Gasteiger partial charge in [-0.15, -0.1) is 0 Å². The van der Waals surface area contributed by atoms with Gasteiger partial charge in [0.25, 0.3) is 0 Å². The maximum Gasteiger partial charge on any atom is 0.308 e.